The van der Waals surface area contributed by atoms with Gasteiger partial charge in [0.1, 0.15) is 0 Å². The van der Waals surface area contributed by atoms with Crippen molar-refractivity contribution in [1.82, 2.24) is 9.80 Å². The quantitative estimate of drug-likeness (QED) is 0.796. The zero-order valence-corrected chi connectivity index (χ0v) is 13.8. The Kier molecular flexibility index (Phi) is 7.00. The van der Waals surface area contributed by atoms with Gasteiger partial charge in [-0.15, -0.1) is 11.3 Å². The van der Waals surface area contributed by atoms with E-state index in [9.17, 15) is 0 Å². The summed E-state index contributed by atoms with van der Waals surface area (Å²) < 4.78 is 0. The number of aryl methyl sites for hydroxylation is 1. The molecule has 1 aromatic rings. The van der Waals surface area contributed by atoms with Crippen LogP contribution in [0.4, 0.5) is 0 Å². The molecule has 2 N–H and O–H groups in total. The highest BCUT2D eigenvalue weighted by molar-refractivity contribution is 7.12. The van der Waals surface area contributed by atoms with E-state index in [0.717, 1.165) is 19.6 Å². The number of hydrogen-bond acceptors (Lipinski definition) is 4. The highest BCUT2D eigenvalue weighted by Crippen LogP contribution is 2.29. The molecule has 2 unspecified atom stereocenters. The van der Waals surface area contributed by atoms with Crippen LogP contribution < -0.4 is 5.73 Å². The molecule has 0 saturated heterocycles. The van der Waals surface area contributed by atoms with Crippen molar-refractivity contribution in [3.63, 3.8) is 0 Å². The van der Waals surface area contributed by atoms with Crippen molar-refractivity contribution in [1.29, 1.82) is 0 Å². The lowest BCUT2D eigenvalue weighted by atomic mass is 10.1. The minimum atomic E-state index is 0.164. The van der Waals surface area contributed by atoms with E-state index in [2.05, 4.69) is 56.8 Å². The third-order valence-corrected chi connectivity index (χ3v) is 4.47. The number of thiophene rings is 1. The van der Waals surface area contributed by atoms with Crippen LogP contribution in [0.5, 0.6) is 0 Å². The molecule has 3 nitrogen and oxygen atoms in total. The minimum absolute atomic E-state index is 0.164. The molecular formula is C15H29N3S. The number of rotatable bonds is 8. The summed E-state index contributed by atoms with van der Waals surface area (Å²) in [5.74, 6) is 0. The van der Waals surface area contributed by atoms with Crippen LogP contribution in [-0.2, 0) is 0 Å². The Labute approximate surface area is 122 Å². The first kappa shape index (κ1) is 16.6. The molecule has 0 spiro atoms. The van der Waals surface area contributed by atoms with E-state index in [-0.39, 0.29) is 6.04 Å². The number of nitrogens with zero attached hydrogens (tertiary/aromatic N) is 2. The molecule has 0 saturated carbocycles. The van der Waals surface area contributed by atoms with Crippen molar-refractivity contribution < 1.29 is 0 Å². The molecule has 0 fully saturated rings. The average Bonchev–Trinajstić information content (AvgIpc) is 2.73. The molecule has 1 rings (SSSR count). The van der Waals surface area contributed by atoms with Crippen LogP contribution in [0.2, 0.25) is 0 Å². The topological polar surface area (TPSA) is 32.5 Å². The third-order valence-electron chi connectivity index (χ3n) is 3.40. The fourth-order valence-corrected chi connectivity index (χ4v) is 3.60. The van der Waals surface area contributed by atoms with Gasteiger partial charge in [-0.05, 0) is 59.6 Å². The van der Waals surface area contributed by atoms with Gasteiger partial charge in [-0.3, -0.25) is 4.90 Å². The molecular weight excluding hydrogens is 254 g/mol. The second-order valence-corrected chi connectivity index (χ2v) is 6.86. The fourth-order valence-electron chi connectivity index (χ4n) is 2.47. The van der Waals surface area contributed by atoms with E-state index in [4.69, 9.17) is 5.73 Å². The van der Waals surface area contributed by atoms with Crippen LogP contribution in [0.3, 0.4) is 0 Å². The summed E-state index contributed by atoms with van der Waals surface area (Å²) in [4.78, 5) is 7.52. The standard InChI is InChI=1S/C15H29N3S/c1-6-18(11-7-10-17(4)5)15(13(3)16)14-9-8-12(2)19-14/h8-9,13,15H,6-7,10-11,16H2,1-5H3. The monoisotopic (exact) mass is 283 g/mol. The minimum Gasteiger partial charge on any atom is -0.326 e. The Hall–Kier alpha value is -0.420. The van der Waals surface area contributed by atoms with Gasteiger partial charge in [0.15, 0.2) is 0 Å². The Morgan fingerprint density at radius 3 is 2.37 bits per heavy atom. The average molecular weight is 283 g/mol. The summed E-state index contributed by atoms with van der Waals surface area (Å²) >= 11 is 1.88. The van der Waals surface area contributed by atoms with E-state index in [1.54, 1.807) is 0 Å². The summed E-state index contributed by atoms with van der Waals surface area (Å²) in [5.41, 5.74) is 6.24. The molecule has 1 aromatic heterocycles. The van der Waals surface area contributed by atoms with E-state index >= 15 is 0 Å². The lowest BCUT2D eigenvalue weighted by Crippen LogP contribution is -2.40. The molecule has 0 amide bonds. The first-order valence-electron chi connectivity index (χ1n) is 7.16. The summed E-state index contributed by atoms with van der Waals surface area (Å²) in [6.07, 6.45) is 1.19. The Bertz CT molecular complexity index is 360. The van der Waals surface area contributed by atoms with E-state index in [0.29, 0.717) is 6.04 Å². The zero-order chi connectivity index (χ0) is 14.4. The molecule has 2 atom stereocenters. The second-order valence-electron chi connectivity index (χ2n) is 5.54. The smallest absolute Gasteiger partial charge is 0.0590 e. The van der Waals surface area contributed by atoms with Crippen LogP contribution >= 0.6 is 11.3 Å². The fraction of sp³-hybridized carbons (Fsp3) is 0.733. The lowest BCUT2D eigenvalue weighted by molar-refractivity contribution is 0.180. The molecule has 1 heterocycles. The predicted molar refractivity (Wildman–Crippen MR) is 85.9 cm³/mol. The highest BCUT2D eigenvalue weighted by atomic mass is 32.1. The van der Waals surface area contributed by atoms with Gasteiger partial charge in [0.25, 0.3) is 0 Å². The maximum Gasteiger partial charge on any atom is 0.0590 e. The van der Waals surface area contributed by atoms with Crippen LogP contribution in [0.1, 0.15) is 36.1 Å². The SMILES string of the molecule is CCN(CCCN(C)C)C(c1ccc(C)s1)C(C)N. The third kappa shape index (κ3) is 5.22. The van der Waals surface area contributed by atoms with Gasteiger partial charge in [0.05, 0.1) is 6.04 Å². The van der Waals surface area contributed by atoms with Gasteiger partial charge in [-0.25, -0.2) is 0 Å². The summed E-state index contributed by atoms with van der Waals surface area (Å²) in [5, 5.41) is 0. The molecule has 110 valence electrons. The molecule has 0 bridgehead atoms. The van der Waals surface area contributed by atoms with E-state index in [1.807, 2.05) is 11.3 Å². The molecule has 0 radical (unpaired) electrons. The van der Waals surface area contributed by atoms with Gasteiger partial charge < -0.3 is 10.6 Å². The largest absolute Gasteiger partial charge is 0.326 e. The van der Waals surface area contributed by atoms with Crippen molar-refractivity contribution in [2.75, 3.05) is 33.7 Å². The van der Waals surface area contributed by atoms with Crippen LogP contribution in [0.25, 0.3) is 0 Å². The molecule has 0 aliphatic carbocycles. The maximum atomic E-state index is 6.24. The van der Waals surface area contributed by atoms with Crippen molar-refractivity contribution in [2.24, 2.45) is 5.73 Å². The maximum absolute atomic E-state index is 6.24. The summed E-state index contributed by atoms with van der Waals surface area (Å²) in [6.45, 7) is 9.80. The van der Waals surface area contributed by atoms with Crippen LogP contribution in [-0.4, -0.2) is 49.6 Å². The zero-order valence-electron chi connectivity index (χ0n) is 13.0. The number of nitrogens with two attached hydrogens (primary N) is 1. The lowest BCUT2D eigenvalue weighted by Gasteiger charge is -2.33. The van der Waals surface area contributed by atoms with E-state index in [1.165, 1.54) is 16.2 Å². The first-order chi connectivity index (χ1) is 8.95. The Morgan fingerprint density at radius 1 is 1.26 bits per heavy atom. The van der Waals surface area contributed by atoms with Crippen molar-refractivity contribution in [3.8, 4) is 0 Å². The van der Waals surface area contributed by atoms with Crippen LogP contribution in [0.15, 0.2) is 12.1 Å². The van der Waals surface area contributed by atoms with Gasteiger partial charge in [-0.1, -0.05) is 6.92 Å². The number of likely N-dealkylation sites (N-methyl/N-ethyl adjacent to an activating group) is 1. The Morgan fingerprint density at radius 2 is 1.95 bits per heavy atom. The summed E-state index contributed by atoms with van der Waals surface area (Å²) in [7, 11) is 4.25. The van der Waals surface area contributed by atoms with Crippen LogP contribution in [0, 0.1) is 6.92 Å². The van der Waals surface area contributed by atoms with Gasteiger partial charge in [-0.2, -0.15) is 0 Å². The van der Waals surface area contributed by atoms with Crippen molar-refractivity contribution >= 4 is 11.3 Å². The first-order valence-corrected chi connectivity index (χ1v) is 7.98. The Balaban J connectivity index is 2.72. The van der Waals surface area contributed by atoms with Crippen molar-refractivity contribution in [3.05, 3.63) is 21.9 Å². The predicted octanol–water partition coefficient (Wildman–Crippen LogP) is 2.72. The molecule has 4 heteroatoms. The van der Waals surface area contributed by atoms with Gasteiger partial charge in [0, 0.05) is 22.3 Å². The molecule has 0 aromatic carbocycles. The highest BCUT2D eigenvalue weighted by Gasteiger charge is 2.23. The normalized spacial score (nSPS) is 15.2. The van der Waals surface area contributed by atoms with Crippen molar-refractivity contribution in [2.45, 2.75) is 39.3 Å². The van der Waals surface area contributed by atoms with Gasteiger partial charge >= 0.3 is 0 Å². The molecule has 19 heavy (non-hydrogen) atoms. The molecule has 0 aliphatic rings. The molecule has 0 aliphatic heterocycles. The summed E-state index contributed by atoms with van der Waals surface area (Å²) in [6, 6.07) is 4.95. The van der Waals surface area contributed by atoms with E-state index < -0.39 is 0 Å². The number of hydrogen-bond donors (Lipinski definition) is 1. The van der Waals surface area contributed by atoms with Gasteiger partial charge in [0.2, 0.25) is 0 Å². The second kappa shape index (κ2) is 8.00.